The van der Waals surface area contributed by atoms with Crippen molar-refractivity contribution >= 4 is 17.3 Å². The Kier molecular flexibility index (Phi) is 4.33. The highest BCUT2D eigenvalue weighted by Gasteiger charge is 2.12. The van der Waals surface area contributed by atoms with Crippen LogP contribution in [0.25, 0.3) is 0 Å². The lowest BCUT2D eigenvalue weighted by molar-refractivity contribution is 0.0197. The van der Waals surface area contributed by atoms with E-state index >= 15 is 0 Å². The van der Waals surface area contributed by atoms with Gasteiger partial charge in [0.05, 0.1) is 13.2 Å². The number of ether oxygens (including phenoxy) is 2. The van der Waals surface area contributed by atoms with Gasteiger partial charge in [-0.25, -0.2) is 4.79 Å². The Bertz CT molecular complexity index is 320. The third-order valence-corrected chi connectivity index (χ3v) is 3.32. The van der Waals surface area contributed by atoms with Crippen molar-refractivity contribution in [3.63, 3.8) is 0 Å². The smallest absolute Gasteiger partial charge is 0.348 e. The van der Waals surface area contributed by atoms with Crippen molar-refractivity contribution < 1.29 is 14.3 Å². The Balaban J connectivity index is 1.66. The van der Waals surface area contributed by atoms with Crippen molar-refractivity contribution in [2.75, 3.05) is 39.5 Å². The molecule has 1 aromatic heterocycles. The highest BCUT2D eigenvalue weighted by Crippen LogP contribution is 2.09. The van der Waals surface area contributed by atoms with Gasteiger partial charge < -0.3 is 9.47 Å². The molecule has 0 unspecified atom stereocenters. The second-order valence-corrected chi connectivity index (χ2v) is 4.51. The molecule has 2 heterocycles. The van der Waals surface area contributed by atoms with Gasteiger partial charge in [-0.05, 0) is 11.4 Å². The van der Waals surface area contributed by atoms with Crippen molar-refractivity contribution in [1.29, 1.82) is 0 Å². The van der Waals surface area contributed by atoms with Crippen LogP contribution in [0, 0.1) is 0 Å². The predicted octanol–water partition coefficient (Wildman–Crippen LogP) is 1.24. The summed E-state index contributed by atoms with van der Waals surface area (Å²) in [5.41, 5.74) is 0. The first-order valence-electron chi connectivity index (χ1n) is 5.37. The molecule has 0 bridgehead atoms. The third-order valence-electron chi connectivity index (χ3n) is 2.47. The van der Waals surface area contributed by atoms with Gasteiger partial charge >= 0.3 is 5.97 Å². The molecule has 1 aliphatic heterocycles. The Morgan fingerprint density at radius 2 is 2.31 bits per heavy atom. The quantitative estimate of drug-likeness (QED) is 0.743. The molecule has 2 rings (SSSR count). The first-order valence-corrected chi connectivity index (χ1v) is 6.25. The van der Waals surface area contributed by atoms with Crippen molar-refractivity contribution in [1.82, 2.24) is 4.90 Å². The van der Waals surface area contributed by atoms with E-state index in [1.165, 1.54) is 11.3 Å². The number of hydrogen-bond donors (Lipinski definition) is 0. The van der Waals surface area contributed by atoms with E-state index in [9.17, 15) is 4.79 Å². The molecule has 1 aliphatic rings. The van der Waals surface area contributed by atoms with Gasteiger partial charge in [-0.2, -0.15) is 0 Å². The Hall–Kier alpha value is -0.910. The zero-order chi connectivity index (χ0) is 11.2. The second kappa shape index (κ2) is 5.98. The summed E-state index contributed by atoms with van der Waals surface area (Å²) in [5, 5.41) is 1.87. The van der Waals surface area contributed by atoms with E-state index in [1.807, 2.05) is 11.4 Å². The zero-order valence-corrected chi connectivity index (χ0v) is 9.87. The molecule has 5 heteroatoms. The maximum atomic E-state index is 11.5. The number of morpholine rings is 1. The van der Waals surface area contributed by atoms with Gasteiger partial charge in [0.25, 0.3) is 0 Å². The Labute approximate surface area is 98.8 Å². The summed E-state index contributed by atoms with van der Waals surface area (Å²) >= 11 is 1.41. The van der Waals surface area contributed by atoms with Crippen LogP contribution in [-0.2, 0) is 9.47 Å². The maximum absolute atomic E-state index is 11.5. The molecule has 0 radical (unpaired) electrons. The highest BCUT2D eigenvalue weighted by molar-refractivity contribution is 7.11. The lowest BCUT2D eigenvalue weighted by Gasteiger charge is -2.26. The SMILES string of the molecule is O=C(OCCN1CCOCC1)c1cccs1. The normalized spacial score (nSPS) is 17.2. The zero-order valence-electron chi connectivity index (χ0n) is 9.05. The van der Waals surface area contributed by atoms with Crippen LogP contribution < -0.4 is 0 Å². The van der Waals surface area contributed by atoms with Gasteiger partial charge in [0.2, 0.25) is 0 Å². The largest absolute Gasteiger partial charge is 0.460 e. The van der Waals surface area contributed by atoms with Gasteiger partial charge in [0.15, 0.2) is 0 Å². The number of carbonyl (C=O) groups is 1. The van der Waals surface area contributed by atoms with Crippen LogP contribution in [0.1, 0.15) is 9.67 Å². The average Bonchev–Trinajstić information content (AvgIpc) is 2.84. The molecule has 0 saturated carbocycles. The van der Waals surface area contributed by atoms with Gasteiger partial charge in [-0.3, -0.25) is 4.90 Å². The molecule has 1 fully saturated rings. The van der Waals surface area contributed by atoms with E-state index in [1.54, 1.807) is 6.07 Å². The maximum Gasteiger partial charge on any atom is 0.348 e. The van der Waals surface area contributed by atoms with Crippen LogP contribution in [0.2, 0.25) is 0 Å². The number of thiophene rings is 1. The summed E-state index contributed by atoms with van der Waals surface area (Å²) in [6, 6.07) is 3.63. The van der Waals surface area contributed by atoms with Crippen molar-refractivity contribution in [2.45, 2.75) is 0 Å². The third kappa shape index (κ3) is 3.30. The van der Waals surface area contributed by atoms with E-state index in [-0.39, 0.29) is 5.97 Å². The molecular weight excluding hydrogens is 226 g/mol. The predicted molar refractivity (Wildman–Crippen MR) is 61.9 cm³/mol. The molecule has 0 amide bonds. The minimum absolute atomic E-state index is 0.219. The summed E-state index contributed by atoms with van der Waals surface area (Å²) in [4.78, 5) is 14.4. The van der Waals surface area contributed by atoms with Crippen LogP contribution >= 0.6 is 11.3 Å². The first-order chi connectivity index (χ1) is 7.86. The average molecular weight is 241 g/mol. The monoisotopic (exact) mass is 241 g/mol. The molecule has 16 heavy (non-hydrogen) atoms. The van der Waals surface area contributed by atoms with Gasteiger partial charge in [0.1, 0.15) is 11.5 Å². The molecule has 0 atom stereocenters. The summed E-state index contributed by atoms with van der Waals surface area (Å²) in [6.07, 6.45) is 0. The van der Waals surface area contributed by atoms with Crippen molar-refractivity contribution in [2.24, 2.45) is 0 Å². The minimum Gasteiger partial charge on any atom is -0.460 e. The fourth-order valence-corrected chi connectivity index (χ4v) is 2.17. The van der Waals surface area contributed by atoms with Crippen LogP contribution in [0.3, 0.4) is 0 Å². The van der Waals surface area contributed by atoms with Crippen LogP contribution in [-0.4, -0.2) is 50.3 Å². The number of nitrogens with zero attached hydrogens (tertiary/aromatic N) is 1. The van der Waals surface area contributed by atoms with Gasteiger partial charge in [-0.1, -0.05) is 6.07 Å². The number of carbonyl (C=O) groups excluding carboxylic acids is 1. The van der Waals surface area contributed by atoms with Gasteiger partial charge in [0, 0.05) is 19.6 Å². The fraction of sp³-hybridized carbons (Fsp3) is 0.545. The van der Waals surface area contributed by atoms with E-state index < -0.39 is 0 Å². The number of esters is 1. The highest BCUT2D eigenvalue weighted by atomic mass is 32.1. The van der Waals surface area contributed by atoms with Gasteiger partial charge in [-0.15, -0.1) is 11.3 Å². The summed E-state index contributed by atoms with van der Waals surface area (Å²) in [6.45, 7) is 4.65. The minimum atomic E-state index is -0.219. The van der Waals surface area contributed by atoms with E-state index in [4.69, 9.17) is 9.47 Å². The molecule has 0 spiro atoms. The molecule has 88 valence electrons. The van der Waals surface area contributed by atoms with Crippen molar-refractivity contribution in [3.05, 3.63) is 22.4 Å². The van der Waals surface area contributed by atoms with E-state index in [0.29, 0.717) is 11.5 Å². The Morgan fingerprint density at radius 3 is 3.00 bits per heavy atom. The first kappa shape index (κ1) is 11.6. The van der Waals surface area contributed by atoms with E-state index in [2.05, 4.69) is 4.90 Å². The molecule has 0 aliphatic carbocycles. The van der Waals surface area contributed by atoms with Crippen LogP contribution in [0.4, 0.5) is 0 Å². The Morgan fingerprint density at radius 1 is 1.50 bits per heavy atom. The summed E-state index contributed by atoms with van der Waals surface area (Å²) in [7, 11) is 0. The summed E-state index contributed by atoms with van der Waals surface area (Å²) < 4.78 is 10.4. The number of rotatable bonds is 4. The lowest BCUT2D eigenvalue weighted by Crippen LogP contribution is -2.38. The summed E-state index contributed by atoms with van der Waals surface area (Å²) in [5.74, 6) is -0.219. The lowest BCUT2D eigenvalue weighted by atomic mass is 10.4. The van der Waals surface area contributed by atoms with Crippen LogP contribution in [0.5, 0.6) is 0 Å². The fourth-order valence-electron chi connectivity index (χ4n) is 1.56. The molecule has 1 aromatic rings. The topological polar surface area (TPSA) is 38.8 Å². The van der Waals surface area contributed by atoms with Crippen molar-refractivity contribution in [3.8, 4) is 0 Å². The second-order valence-electron chi connectivity index (χ2n) is 3.57. The number of hydrogen-bond acceptors (Lipinski definition) is 5. The molecular formula is C11H15NO3S. The van der Waals surface area contributed by atoms with Crippen LogP contribution in [0.15, 0.2) is 17.5 Å². The molecule has 0 aromatic carbocycles. The molecule has 1 saturated heterocycles. The molecule has 0 N–H and O–H groups in total. The molecule has 4 nitrogen and oxygen atoms in total. The standard InChI is InChI=1S/C11H15NO3S/c13-11(10-2-1-9-16-10)15-8-5-12-3-6-14-7-4-12/h1-2,9H,3-8H2. The van der Waals surface area contributed by atoms with E-state index in [0.717, 1.165) is 32.8 Å².